The summed E-state index contributed by atoms with van der Waals surface area (Å²) in [6.07, 6.45) is 10.6. The maximum Gasteiger partial charge on any atom is 0.100 e. The average molecular weight is 400 g/mol. The van der Waals surface area contributed by atoms with E-state index in [1.807, 2.05) is 25.1 Å². The molecular weight excluding hydrogens is 356 g/mol. The minimum Gasteiger partial charge on any atom is -0.394 e. The molecule has 5 heteroatoms. The molecule has 0 saturated carbocycles. The number of aliphatic hydroxyl groups is 3. The monoisotopic (exact) mass is 399 g/mol. The number of ether oxygens (including phenoxy) is 1. The summed E-state index contributed by atoms with van der Waals surface area (Å²) in [4.78, 5) is 0. The Morgan fingerprint density at radius 3 is 1.71 bits per heavy atom. The first-order valence-corrected chi connectivity index (χ1v) is 10.8. The highest BCUT2D eigenvalue weighted by atomic mass is 16.5. The van der Waals surface area contributed by atoms with Crippen molar-refractivity contribution in [2.24, 2.45) is 0 Å². The van der Waals surface area contributed by atoms with Gasteiger partial charge in [0.1, 0.15) is 6.10 Å². The summed E-state index contributed by atoms with van der Waals surface area (Å²) in [5.41, 5.74) is 1.24. The third kappa shape index (κ3) is 25.0. The second kappa shape index (κ2) is 26.0. The quantitative estimate of drug-likeness (QED) is 0.402. The molecule has 0 aliphatic rings. The van der Waals surface area contributed by atoms with Crippen molar-refractivity contribution < 1.29 is 25.2 Å². The Hall–Kier alpha value is -0.980. The standard InChI is InChI=1S/C11H23O.C9H12O.C3H8O3/c1-2-3-4-5-6-7-8-9-10-11-12;1-2-10-8-9-6-4-3-5-7-9;4-1-3(6)2-5/h2-11H2,1H3;3-7H,2,8H2,1H3;3-6H,1-2H2. The zero-order valence-electron chi connectivity index (χ0n) is 18.0. The van der Waals surface area contributed by atoms with E-state index in [-0.39, 0.29) is 19.8 Å². The van der Waals surface area contributed by atoms with E-state index in [0.29, 0.717) is 0 Å². The summed E-state index contributed by atoms with van der Waals surface area (Å²) >= 11 is 0. The molecule has 1 radical (unpaired) electrons. The van der Waals surface area contributed by atoms with E-state index in [1.165, 1.54) is 50.5 Å². The van der Waals surface area contributed by atoms with Crippen molar-refractivity contribution in [1.82, 2.24) is 0 Å². The number of hydrogen-bond acceptors (Lipinski definition) is 4. The molecule has 0 aromatic heterocycles. The first-order valence-electron chi connectivity index (χ1n) is 10.8. The lowest BCUT2D eigenvalue weighted by Crippen LogP contribution is -2.15. The average Bonchev–Trinajstić information content (AvgIpc) is 2.75. The van der Waals surface area contributed by atoms with Gasteiger partial charge in [-0.2, -0.15) is 0 Å². The SMILES string of the molecule is CCCCCCCCCCC[O].CCOCc1ccccc1.OCC(O)CO. The van der Waals surface area contributed by atoms with Gasteiger partial charge in [-0.15, -0.1) is 0 Å². The van der Waals surface area contributed by atoms with Gasteiger partial charge in [0, 0.05) is 6.61 Å². The molecule has 0 saturated heterocycles. The van der Waals surface area contributed by atoms with Crippen LogP contribution in [0.15, 0.2) is 30.3 Å². The van der Waals surface area contributed by atoms with E-state index in [4.69, 9.17) is 20.1 Å². The smallest absolute Gasteiger partial charge is 0.100 e. The van der Waals surface area contributed by atoms with Crippen LogP contribution in [-0.4, -0.2) is 47.9 Å². The third-order valence-corrected chi connectivity index (χ3v) is 3.99. The van der Waals surface area contributed by atoms with Crippen LogP contribution >= 0.6 is 0 Å². The van der Waals surface area contributed by atoms with Gasteiger partial charge in [-0.1, -0.05) is 88.6 Å². The minimum atomic E-state index is -0.954. The molecule has 5 nitrogen and oxygen atoms in total. The largest absolute Gasteiger partial charge is 0.394 e. The van der Waals surface area contributed by atoms with Crippen LogP contribution in [-0.2, 0) is 16.5 Å². The molecule has 0 fully saturated rings. The molecule has 0 bridgehead atoms. The molecule has 0 amide bonds. The number of hydrogen-bond donors (Lipinski definition) is 3. The minimum absolute atomic E-state index is 0.121. The Labute approximate surface area is 172 Å². The van der Waals surface area contributed by atoms with Gasteiger partial charge in [0.25, 0.3) is 0 Å². The number of benzene rings is 1. The third-order valence-electron chi connectivity index (χ3n) is 3.99. The van der Waals surface area contributed by atoms with E-state index in [0.717, 1.165) is 26.1 Å². The fraction of sp³-hybridized carbons (Fsp3) is 0.739. The molecule has 0 unspecified atom stereocenters. The van der Waals surface area contributed by atoms with Gasteiger partial charge >= 0.3 is 0 Å². The van der Waals surface area contributed by atoms with Crippen molar-refractivity contribution in [2.45, 2.75) is 84.3 Å². The lowest BCUT2D eigenvalue weighted by Gasteiger charge is -1.99. The van der Waals surface area contributed by atoms with Gasteiger partial charge in [0.2, 0.25) is 0 Å². The number of aliphatic hydroxyl groups excluding tert-OH is 3. The van der Waals surface area contributed by atoms with Crippen molar-refractivity contribution in [3.8, 4) is 0 Å². The summed E-state index contributed by atoms with van der Waals surface area (Å²) in [5.74, 6) is 0. The van der Waals surface area contributed by atoms with Crippen LogP contribution in [0.2, 0.25) is 0 Å². The van der Waals surface area contributed by atoms with E-state index >= 15 is 0 Å². The highest BCUT2D eigenvalue weighted by molar-refractivity contribution is 5.13. The Morgan fingerprint density at radius 1 is 0.821 bits per heavy atom. The van der Waals surface area contributed by atoms with Crippen LogP contribution in [0.4, 0.5) is 0 Å². The zero-order valence-corrected chi connectivity index (χ0v) is 18.0. The molecule has 165 valence electrons. The lowest BCUT2D eigenvalue weighted by molar-refractivity contribution is 0.0450. The Kier molecular flexibility index (Phi) is 27.2. The van der Waals surface area contributed by atoms with E-state index in [2.05, 4.69) is 19.1 Å². The first kappa shape index (κ1) is 29.2. The highest BCUT2D eigenvalue weighted by Gasteiger charge is 1.94. The van der Waals surface area contributed by atoms with Gasteiger partial charge in [0.05, 0.1) is 26.4 Å². The van der Waals surface area contributed by atoms with Crippen LogP contribution in [0.25, 0.3) is 0 Å². The predicted molar refractivity (Wildman–Crippen MR) is 115 cm³/mol. The molecule has 3 N–H and O–H groups in total. The summed E-state index contributed by atoms with van der Waals surface area (Å²) < 4.78 is 5.22. The lowest BCUT2D eigenvalue weighted by atomic mass is 10.1. The second-order valence-corrected chi connectivity index (χ2v) is 6.67. The van der Waals surface area contributed by atoms with Crippen molar-refractivity contribution in [3.05, 3.63) is 35.9 Å². The Morgan fingerprint density at radius 2 is 1.32 bits per heavy atom. The topological polar surface area (TPSA) is 89.8 Å². The van der Waals surface area contributed by atoms with Crippen LogP contribution in [0.1, 0.15) is 77.2 Å². The van der Waals surface area contributed by atoms with Crippen molar-refractivity contribution >= 4 is 0 Å². The van der Waals surface area contributed by atoms with E-state index in [1.54, 1.807) is 0 Å². The first-order chi connectivity index (χ1) is 13.7. The zero-order chi connectivity index (χ0) is 21.3. The summed E-state index contributed by atoms with van der Waals surface area (Å²) in [5, 5.41) is 34.1. The molecular formula is C23H43O5. The van der Waals surface area contributed by atoms with Crippen molar-refractivity contribution in [2.75, 3.05) is 26.4 Å². The Balaban J connectivity index is 0. The Bertz CT molecular complexity index is 359. The molecule has 1 aromatic carbocycles. The van der Waals surface area contributed by atoms with Crippen molar-refractivity contribution in [3.63, 3.8) is 0 Å². The molecule has 0 atom stereocenters. The van der Waals surface area contributed by atoms with Gasteiger partial charge in [-0.05, 0) is 18.9 Å². The van der Waals surface area contributed by atoms with Crippen LogP contribution in [0, 0.1) is 0 Å². The van der Waals surface area contributed by atoms with Gasteiger partial charge in [0.15, 0.2) is 0 Å². The molecule has 28 heavy (non-hydrogen) atoms. The van der Waals surface area contributed by atoms with Crippen LogP contribution < -0.4 is 0 Å². The molecule has 0 heterocycles. The maximum atomic E-state index is 10.1. The molecule has 1 rings (SSSR count). The fourth-order valence-corrected chi connectivity index (χ4v) is 2.26. The molecule has 0 aliphatic heterocycles. The number of unbranched alkanes of at least 4 members (excludes halogenated alkanes) is 8. The van der Waals surface area contributed by atoms with Crippen LogP contribution in [0.5, 0.6) is 0 Å². The predicted octanol–water partition coefficient (Wildman–Crippen LogP) is 4.50. The highest BCUT2D eigenvalue weighted by Crippen LogP contribution is 2.09. The fourth-order valence-electron chi connectivity index (χ4n) is 2.26. The summed E-state index contributed by atoms with van der Waals surface area (Å²) in [6.45, 7) is 5.16. The maximum absolute atomic E-state index is 10.1. The summed E-state index contributed by atoms with van der Waals surface area (Å²) in [7, 11) is 0. The van der Waals surface area contributed by atoms with Crippen LogP contribution in [0.3, 0.4) is 0 Å². The van der Waals surface area contributed by atoms with Crippen molar-refractivity contribution in [1.29, 1.82) is 0 Å². The second-order valence-electron chi connectivity index (χ2n) is 6.67. The van der Waals surface area contributed by atoms with E-state index in [9.17, 15) is 5.11 Å². The molecule has 1 aromatic rings. The number of rotatable bonds is 14. The molecule has 0 aliphatic carbocycles. The molecule has 0 spiro atoms. The van der Waals surface area contributed by atoms with Gasteiger partial charge in [-0.25, -0.2) is 5.11 Å². The summed E-state index contributed by atoms with van der Waals surface area (Å²) in [6, 6.07) is 10.2. The van der Waals surface area contributed by atoms with E-state index < -0.39 is 6.10 Å². The normalized spacial score (nSPS) is 10.1. The van der Waals surface area contributed by atoms with Gasteiger partial charge < -0.3 is 20.1 Å². The van der Waals surface area contributed by atoms with Gasteiger partial charge in [-0.3, -0.25) is 0 Å².